The number of amides is 1. The maximum Gasteiger partial charge on any atom is 0.273 e. The number of methoxy groups -OCH3 is 1. The van der Waals surface area contributed by atoms with Crippen LogP contribution >= 0.6 is 0 Å². The zero-order valence-corrected chi connectivity index (χ0v) is 15.5. The van der Waals surface area contributed by atoms with Crippen molar-refractivity contribution in [1.29, 1.82) is 5.26 Å². The molecule has 1 atom stereocenters. The summed E-state index contributed by atoms with van der Waals surface area (Å²) in [7, 11) is -0.202. The molecule has 1 aliphatic rings. The summed E-state index contributed by atoms with van der Waals surface area (Å²) in [5.74, 6) is -0.622. The second kappa shape index (κ2) is 8.05. The van der Waals surface area contributed by atoms with Gasteiger partial charge in [-0.15, -0.1) is 0 Å². The number of rotatable bonds is 6. The molecule has 0 radical (unpaired) electrons. The maximum atomic E-state index is 12.4. The number of nitrogens with zero attached hydrogens (tertiary/aromatic N) is 3. The molecule has 0 bridgehead atoms. The number of carbonyl (C=O) groups is 1. The van der Waals surface area contributed by atoms with Crippen molar-refractivity contribution in [2.75, 3.05) is 31.0 Å². The Morgan fingerprint density at radius 3 is 2.74 bits per heavy atom. The van der Waals surface area contributed by atoms with Crippen molar-refractivity contribution in [3.63, 3.8) is 0 Å². The lowest BCUT2D eigenvalue weighted by Gasteiger charge is -2.21. The minimum Gasteiger partial charge on any atom is -0.494 e. The molecule has 0 spiro atoms. The van der Waals surface area contributed by atoms with Gasteiger partial charge in [0.2, 0.25) is 0 Å². The van der Waals surface area contributed by atoms with Gasteiger partial charge < -0.3 is 15.0 Å². The average Bonchev–Trinajstić information content (AvgIpc) is 2.99. The number of anilines is 1. The molecule has 10 nitrogen and oxygen atoms in total. The van der Waals surface area contributed by atoms with E-state index in [0.717, 1.165) is 6.07 Å². The number of non-ortho nitro benzene ring substituents is 1. The van der Waals surface area contributed by atoms with Crippen LogP contribution in [-0.2, 0) is 14.6 Å². The number of hydrogen-bond acceptors (Lipinski definition) is 8. The molecular weight excluding hydrogens is 376 g/mol. The Morgan fingerprint density at radius 2 is 2.22 bits per heavy atom. The highest BCUT2D eigenvalue weighted by molar-refractivity contribution is 7.91. The Hall–Kier alpha value is -3.13. The predicted octanol–water partition coefficient (Wildman–Crippen LogP) is 1.07. The lowest BCUT2D eigenvalue weighted by molar-refractivity contribution is -0.384. The summed E-state index contributed by atoms with van der Waals surface area (Å²) in [6.45, 7) is 0. The molecule has 27 heavy (non-hydrogen) atoms. The number of hydrogen-bond donors (Lipinski definition) is 1. The molecule has 144 valence electrons. The van der Waals surface area contributed by atoms with E-state index in [4.69, 9.17) is 4.74 Å². The number of nitriles is 1. The van der Waals surface area contributed by atoms with E-state index in [9.17, 15) is 28.6 Å². The first-order valence-electron chi connectivity index (χ1n) is 7.85. The van der Waals surface area contributed by atoms with Gasteiger partial charge in [0.25, 0.3) is 11.6 Å². The topological polar surface area (TPSA) is 143 Å². The molecule has 1 aromatic rings. The van der Waals surface area contributed by atoms with E-state index in [1.807, 2.05) is 0 Å². The first-order chi connectivity index (χ1) is 12.7. The fourth-order valence-corrected chi connectivity index (χ4v) is 4.42. The molecule has 1 fully saturated rings. The summed E-state index contributed by atoms with van der Waals surface area (Å²) in [5.41, 5.74) is -0.273. The Morgan fingerprint density at radius 1 is 1.52 bits per heavy atom. The van der Waals surface area contributed by atoms with Crippen molar-refractivity contribution in [3.05, 3.63) is 40.1 Å². The molecule has 1 N–H and O–H groups in total. The molecule has 0 aromatic heterocycles. The predicted molar refractivity (Wildman–Crippen MR) is 96.8 cm³/mol. The number of benzene rings is 1. The van der Waals surface area contributed by atoms with Gasteiger partial charge in [0.15, 0.2) is 9.84 Å². The molecule has 1 saturated heterocycles. The zero-order chi connectivity index (χ0) is 20.2. The third kappa shape index (κ3) is 4.95. The molecule has 1 unspecified atom stereocenters. The highest BCUT2D eigenvalue weighted by atomic mass is 32.2. The van der Waals surface area contributed by atoms with E-state index >= 15 is 0 Å². The van der Waals surface area contributed by atoms with Crippen molar-refractivity contribution in [3.8, 4) is 11.8 Å². The number of carbonyl (C=O) groups excluding carboxylic acids is 1. The van der Waals surface area contributed by atoms with Gasteiger partial charge in [0.05, 0.1) is 35.3 Å². The number of nitro benzene ring substituents is 1. The van der Waals surface area contributed by atoms with Gasteiger partial charge in [0, 0.05) is 25.4 Å². The van der Waals surface area contributed by atoms with E-state index in [-0.39, 0.29) is 40.2 Å². The quantitative estimate of drug-likeness (QED) is 0.327. The van der Waals surface area contributed by atoms with Crippen LogP contribution < -0.4 is 10.1 Å². The van der Waals surface area contributed by atoms with Crippen LogP contribution in [0.15, 0.2) is 30.0 Å². The summed E-state index contributed by atoms with van der Waals surface area (Å²) < 4.78 is 28.2. The number of nitro groups is 1. The van der Waals surface area contributed by atoms with Crippen LogP contribution in [0.3, 0.4) is 0 Å². The Kier molecular flexibility index (Phi) is 6.02. The maximum absolute atomic E-state index is 12.4. The first kappa shape index (κ1) is 20.2. The molecule has 0 aliphatic carbocycles. The summed E-state index contributed by atoms with van der Waals surface area (Å²) in [6, 6.07) is 5.12. The molecule has 1 aliphatic heterocycles. The zero-order valence-electron chi connectivity index (χ0n) is 14.7. The summed E-state index contributed by atoms with van der Waals surface area (Å²) in [6.07, 6.45) is 1.71. The molecular formula is C16H18N4O6S. The molecule has 11 heteroatoms. The summed E-state index contributed by atoms with van der Waals surface area (Å²) >= 11 is 0. The van der Waals surface area contributed by atoms with E-state index in [1.165, 1.54) is 30.3 Å². The average molecular weight is 394 g/mol. The van der Waals surface area contributed by atoms with E-state index in [2.05, 4.69) is 5.32 Å². The van der Waals surface area contributed by atoms with Crippen molar-refractivity contribution in [2.24, 2.45) is 0 Å². The second-order valence-electron chi connectivity index (χ2n) is 5.97. The highest BCUT2D eigenvalue weighted by Gasteiger charge is 2.30. The fraction of sp³-hybridized carbons (Fsp3) is 0.375. The van der Waals surface area contributed by atoms with Gasteiger partial charge in [0.1, 0.15) is 17.4 Å². The van der Waals surface area contributed by atoms with Gasteiger partial charge in [-0.2, -0.15) is 5.26 Å². The first-order valence-corrected chi connectivity index (χ1v) is 9.67. The fourth-order valence-electron chi connectivity index (χ4n) is 2.63. The van der Waals surface area contributed by atoms with Crippen molar-refractivity contribution in [1.82, 2.24) is 4.90 Å². The molecule has 0 saturated carbocycles. The highest BCUT2D eigenvalue weighted by Crippen LogP contribution is 2.29. The Labute approximate surface area is 156 Å². The van der Waals surface area contributed by atoms with Crippen LogP contribution in [0.4, 0.5) is 11.4 Å². The Balaban J connectivity index is 2.18. The van der Waals surface area contributed by atoms with Crippen molar-refractivity contribution in [2.45, 2.75) is 12.5 Å². The molecule has 2 rings (SSSR count). The van der Waals surface area contributed by atoms with Gasteiger partial charge in [-0.1, -0.05) is 0 Å². The monoisotopic (exact) mass is 394 g/mol. The van der Waals surface area contributed by atoms with Gasteiger partial charge in [-0.25, -0.2) is 8.42 Å². The number of ether oxygens (including phenoxy) is 1. The van der Waals surface area contributed by atoms with Crippen LogP contribution in [0.5, 0.6) is 5.75 Å². The summed E-state index contributed by atoms with van der Waals surface area (Å²) in [5, 5.41) is 22.5. The Bertz CT molecular complexity index is 935. The minimum atomic E-state index is -3.10. The summed E-state index contributed by atoms with van der Waals surface area (Å²) in [4.78, 5) is 24.1. The van der Waals surface area contributed by atoms with Gasteiger partial charge in [-0.05, 0) is 12.5 Å². The third-order valence-electron chi connectivity index (χ3n) is 4.13. The SMILES string of the molecule is COc1cc([N+](=O)[O-])ccc1NC(=O)/C(C#N)=C\N(C)C1CCS(=O)(=O)C1. The lowest BCUT2D eigenvalue weighted by atomic mass is 10.2. The van der Waals surface area contributed by atoms with E-state index < -0.39 is 20.7 Å². The molecule has 1 heterocycles. The van der Waals surface area contributed by atoms with E-state index in [0.29, 0.717) is 6.42 Å². The standard InChI is InChI=1S/C16H18N4O6S/c1-19(13-5-6-27(24,25)10-13)9-11(8-17)16(21)18-14-4-3-12(20(22)23)7-15(14)26-2/h3-4,7,9,13H,5-6,10H2,1-2H3,(H,18,21)/b11-9-. The van der Waals surface area contributed by atoms with Gasteiger partial charge in [-0.3, -0.25) is 14.9 Å². The minimum absolute atomic E-state index is 0.0312. The third-order valence-corrected chi connectivity index (χ3v) is 5.88. The van der Waals surface area contributed by atoms with Crippen molar-refractivity contribution >= 4 is 27.1 Å². The number of sulfone groups is 1. The smallest absolute Gasteiger partial charge is 0.273 e. The van der Waals surface area contributed by atoms with Gasteiger partial charge >= 0.3 is 0 Å². The van der Waals surface area contributed by atoms with Crippen LogP contribution in [0.2, 0.25) is 0 Å². The van der Waals surface area contributed by atoms with Crippen LogP contribution in [0.25, 0.3) is 0 Å². The van der Waals surface area contributed by atoms with Crippen LogP contribution in [-0.4, -0.2) is 55.9 Å². The van der Waals surface area contributed by atoms with E-state index in [1.54, 1.807) is 13.1 Å². The normalized spacial score (nSPS) is 18.4. The molecule has 1 aromatic carbocycles. The van der Waals surface area contributed by atoms with Crippen LogP contribution in [0.1, 0.15) is 6.42 Å². The van der Waals surface area contributed by atoms with Crippen LogP contribution in [0, 0.1) is 21.4 Å². The largest absolute Gasteiger partial charge is 0.494 e. The lowest BCUT2D eigenvalue weighted by Crippen LogP contribution is -2.29. The second-order valence-corrected chi connectivity index (χ2v) is 8.20. The molecule has 1 amide bonds. The van der Waals surface area contributed by atoms with Crippen molar-refractivity contribution < 1.29 is 22.9 Å². The number of nitrogens with one attached hydrogen (secondary N) is 1.